The highest BCUT2D eigenvalue weighted by Gasteiger charge is 2.21. The number of hydrogen-bond acceptors (Lipinski definition) is 2. The van der Waals surface area contributed by atoms with Crippen molar-refractivity contribution in [2.24, 2.45) is 0 Å². The van der Waals surface area contributed by atoms with Gasteiger partial charge in [-0.3, -0.25) is 4.79 Å². The van der Waals surface area contributed by atoms with Gasteiger partial charge in [0.2, 0.25) is 0 Å². The number of ether oxygens (including phenoxy) is 1. The molecule has 2 nitrogen and oxygen atoms in total. The molecule has 0 unspecified atom stereocenters. The van der Waals surface area contributed by atoms with Crippen LogP contribution in [0.25, 0.3) is 0 Å². The van der Waals surface area contributed by atoms with Gasteiger partial charge in [-0.15, -0.1) is 0 Å². The molecule has 0 fully saturated rings. The molecule has 0 bridgehead atoms. The molecule has 0 saturated heterocycles. The maximum Gasteiger partial charge on any atom is 0.188 e. The van der Waals surface area contributed by atoms with Crippen LogP contribution in [-0.4, -0.2) is 12.9 Å². The molecule has 0 N–H and O–H groups in total. The highest BCUT2D eigenvalue weighted by atomic mass is 16.5. The van der Waals surface area contributed by atoms with Crippen molar-refractivity contribution in [3.05, 3.63) is 41.0 Å². The zero-order chi connectivity index (χ0) is 13.1. The summed E-state index contributed by atoms with van der Waals surface area (Å²) in [5.41, 5.74) is 3.92. The third-order valence-corrected chi connectivity index (χ3v) is 3.70. The molecule has 1 aliphatic carbocycles. The summed E-state index contributed by atoms with van der Waals surface area (Å²) >= 11 is 0. The van der Waals surface area contributed by atoms with Crippen molar-refractivity contribution in [3.63, 3.8) is 0 Å². The molecule has 1 aromatic carbocycles. The van der Waals surface area contributed by atoms with E-state index in [1.54, 1.807) is 7.11 Å². The zero-order valence-corrected chi connectivity index (χ0v) is 11.2. The Labute approximate surface area is 109 Å². The van der Waals surface area contributed by atoms with Crippen LogP contribution in [-0.2, 0) is 12.8 Å². The number of carbonyl (C=O) groups excluding carboxylic acids is 1. The van der Waals surface area contributed by atoms with Crippen molar-refractivity contribution in [1.29, 1.82) is 0 Å². The van der Waals surface area contributed by atoms with E-state index in [4.69, 9.17) is 4.74 Å². The van der Waals surface area contributed by atoms with Crippen LogP contribution in [0.4, 0.5) is 0 Å². The summed E-state index contributed by atoms with van der Waals surface area (Å²) in [5, 5.41) is 0. The second-order valence-electron chi connectivity index (χ2n) is 4.77. The first-order valence-corrected chi connectivity index (χ1v) is 6.60. The summed E-state index contributed by atoms with van der Waals surface area (Å²) in [6.45, 7) is 5.83. The van der Waals surface area contributed by atoms with Gasteiger partial charge in [-0.1, -0.05) is 13.5 Å². The number of allylic oxidation sites excluding steroid dienone is 1. The first kappa shape index (κ1) is 12.9. The van der Waals surface area contributed by atoms with E-state index in [2.05, 4.69) is 6.58 Å². The van der Waals surface area contributed by atoms with Gasteiger partial charge in [-0.2, -0.15) is 0 Å². The number of rotatable bonds is 4. The lowest BCUT2D eigenvalue weighted by molar-refractivity contribution is 0.103. The molecule has 0 atom stereocenters. The highest BCUT2D eigenvalue weighted by Crippen LogP contribution is 2.33. The normalized spacial score (nSPS) is 13.9. The summed E-state index contributed by atoms with van der Waals surface area (Å²) in [6.07, 6.45) is 5.03. The third-order valence-electron chi connectivity index (χ3n) is 3.70. The molecule has 0 radical (unpaired) electrons. The molecule has 0 saturated carbocycles. The number of benzene rings is 1. The molecular formula is C16H20O2. The standard InChI is InChI=1S/C16H20O2/c1-4-11(2)16(17)14-9-10-15(18-3)13-8-6-5-7-12(13)14/h9-10H,2,4-8H2,1,3H3. The number of hydrogen-bond donors (Lipinski definition) is 0. The summed E-state index contributed by atoms with van der Waals surface area (Å²) in [4.78, 5) is 12.3. The Morgan fingerprint density at radius 3 is 2.56 bits per heavy atom. The number of ketones is 1. The van der Waals surface area contributed by atoms with E-state index in [0.717, 1.165) is 30.6 Å². The lowest BCUT2D eigenvalue weighted by Crippen LogP contribution is -2.13. The van der Waals surface area contributed by atoms with Gasteiger partial charge in [0.1, 0.15) is 5.75 Å². The molecule has 0 heterocycles. The summed E-state index contributed by atoms with van der Waals surface area (Å²) < 4.78 is 5.40. The molecule has 18 heavy (non-hydrogen) atoms. The van der Waals surface area contributed by atoms with Crippen LogP contribution in [0.1, 0.15) is 47.7 Å². The Bertz CT molecular complexity index is 486. The molecule has 0 aromatic heterocycles. The van der Waals surface area contributed by atoms with E-state index in [-0.39, 0.29) is 5.78 Å². The molecule has 0 aliphatic heterocycles. The van der Waals surface area contributed by atoms with E-state index < -0.39 is 0 Å². The summed E-state index contributed by atoms with van der Waals surface area (Å²) in [7, 11) is 1.69. The number of methoxy groups -OCH3 is 1. The lowest BCUT2D eigenvalue weighted by Gasteiger charge is -2.21. The molecule has 1 aromatic rings. The minimum Gasteiger partial charge on any atom is -0.496 e. The van der Waals surface area contributed by atoms with E-state index in [1.165, 1.54) is 17.5 Å². The average Bonchev–Trinajstić information content (AvgIpc) is 2.44. The minimum atomic E-state index is 0.0957. The summed E-state index contributed by atoms with van der Waals surface area (Å²) in [5.74, 6) is 1.02. The molecule has 0 amide bonds. The van der Waals surface area contributed by atoms with Crippen molar-refractivity contribution >= 4 is 5.78 Å². The Hall–Kier alpha value is -1.57. The third kappa shape index (κ3) is 2.20. The minimum absolute atomic E-state index is 0.0957. The monoisotopic (exact) mass is 244 g/mol. The maximum atomic E-state index is 12.3. The summed E-state index contributed by atoms with van der Waals surface area (Å²) in [6, 6.07) is 3.81. The Kier molecular flexibility index (Phi) is 3.85. The van der Waals surface area contributed by atoms with E-state index >= 15 is 0 Å². The first-order valence-electron chi connectivity index (χ1n) is 6.60. The van der Waals surface area contributed by atoms with Gasteiger partial charge in [-0.05, 0) is 60.9 Å². The van der Waals surface area contributed by atoms with Crippen LogP contribution in [0.2, 0.25) is 0 Å². The lowest BCUT2D eigenvalue weighted by atomic mass is 9.85. The predicted octanol–water partition coefficient (Wildman–Crippen LogP) is 3.72. The SMILES string of the molecule is C=C(CC)C(=O)c1ccc(OC)c2c1CCCC2. The van der Waals surface area contributed by atoms with Gasteiger partial charge in [0.05, 0.1) is 7.11 Å². The molecule has 0 spiro atoms. The molecule has 1 aliphatic rings. The van der Waals surface area contributed by atoms with Crippen molar-refractivity contribution in [3.8, 4) is 5.75 Å². The van der Waals surface area contributed by atoms with Gasteiger partial charge in [0, 0.05) is 5.56 Å². The number of fused-ring (bicyclic) bond motifs is 1. The first-order chi connectivity index (χ1) is 8.69. The predicted molar refractivity (Wildman–Crippen MR) is 73.4 cm³/mol. The van der Waals surface area contributed by atoms with Gasteiger partial charge in [0.15, 0.2) is 5.78 Å². The maximum absolute atomic E-state index is 12.3. The van der Waals surface area contributed by atoms with Crippen molar-refractivity contribution < 1.29 is 9.53 Å². The second kappa shape index (κ2) is 5.38. The number of Topliss-reactive ketones (excluding diaryl/α,β-unsaturated/α-hetero) is 1. The van der Waals surface area contributed by atoms with E-state index in [1.807, 2.05) is 19.1 Å². The van der Waals surface area contributed by atoms with Crippen molar-refractivity contribution in [2.75, 3.05) is 7.11 Å². The molecular weight excluding hydrogens is 224 g/mol. The van der Waals surface area contributed by atoms with Crippen LogP contribution in [0, 0.1) is 0 Å². The zero-order valence-electron chi connectivity index (χ0n) is 11.2. The highest BCUT2D eigenvalue weighted by molar-refractivity contribution is 6.09. The van der Waals surface area contributed by atoms with Crippen LogP contribution in [0.5, 0.6) is 5.75 Å². The molecule has 2 heteroatoms. The Balaban J connectivity index is 2.49. The Morgan fingerprint density at radius 1 is 1.28 bits per heavy atom. The van der Waals surface area contributed by atoms with Crippen LogP contribution in [0.3, 0.4) is 0 Å². The molecule has 96 valence electrons. The Morgan fingerprint density at radius 2 is 1.94 bits per heavy atom. The van der Waals surface area contributed by atoms with Crippen LogP contribution >= 0.6 is 0 Å². The topological polar surface area (TPSA) is 26.3 Å². The average molecular weight is 244 g/mol. The van der Waals surface area contributed by atoms with Crippen LogP contribution < -0.4 is 4.74 Å². The smallest absolute Gasteiger partial charge is 0.188 e. The fraction of sp³-hybridized carbons (Fsp3) is 0.438. The van der Waals surface area contributed by atoms with Crippen molar-refractivity contribution in [1.82, 2.24) is 0 Å². The van der Waals surface area contributed by atoms with Crippen molar-refractivity contribution in [2.45, 2.75) is 39.0 Å². The van der Waals surface area contributed by atoms with Gasteiger partial charge < -0.3 is 4.74 Å². The second-order valence-corrected chi connectivity index (χ2v) is 4.77. The van der Waals surface area contributed by atoms with E-state index in [0.29, 0.717) is 12.0 Å². The van der Waals surface area contributed by atoms with Gasteiger partial charge >= 0.3 is 0 Å². The van der Waals surface area contributed by atoms with Gasteiger partial charge in [-0.25, -0.2) is 0 Å². The number of carbonyl (C=O) groups is 1. The molecule has 2 rings (SSSR count). The quantitative estimate of drug-likeness (QED) is 0.596. The fourth-order valence-corrected chi connectivity index (χ4v) is 2.59. The van der Waals surface area contributed by atoms with E-state index in [9.17, 15) is 4.79 Å². The van der Waals surface area contributed by atoms with Crippen LogP contribution in [0.15, 0.2) is 24.3 Å². The fourth-order valence-electron chi connectivity index (χ4n) is 2.59. The largest absolute Gasteiger partial charge is 0.496 e. The van der Waals surface area contributed by atoms with Gasteiger partial charge in [0.25, 0.3) is 0 Å².